The van der Waals surface area contributed by atoms with Gasteiger partial charge < -0.3 is 4.74 Å². The molecule has 0 spiro atoms. The maximum absolute atomic E-state index is 14.1. The molecule has 0 aliphatic heterocycles. The van der Waals surface area contributed by atoms with E-state index in [0.29, 0.717) is 6.07 Å². The van der Waals surface area contributed by atoms with E-state index in [0.717, 1.165) is 18.2 Å². The standard InChI is InChI=1S/C16H11ClF4N2O6S/c1-2-30(27,28)22-15(24)9-4-3-5-12(13(9)23(25)26)29-14-10(17)6-8(7-11(14)18)16(19,20)21/h3-7H,2H2,1H3,(H,22,24). The third-order valence-electron chi connectivity index (χ3n) is 3.59. The summed E-state index contributed by atoms with van der Waals surface area (Å²) in [5, 5.41) is 10.6. The van der Waals surface area contributed by atoms with Gasteiger partial charge in [-0.2, -0.15) is 13.2 Å². The van der Waals surface area contributed by atoms with Crippen molar-refractivity contribution in [3.05, 3.63) is 62.4 Å². The summed E-state index contributed by atoms with van der Waals surface area (Å²) < 4.78 is 82.1. The van der Waals surface area contributed by atoms with Gasteiger partial charge in [-0.25, -0.2) is 17.5 Å². The number of amides is 1. The van der Waals surface area contributed by atoms with Gasteiger partial charge in [-0.1, -0.05) is 17.7 Å². The van der Waals surface area contributed by atoms with Gasteiger partial charge in [0.1, 0.15) is 5.56 Å². The van der Waals surface area contributed by atoms with Crippen LogP contribution in [-0.4, -0.2) is 25.0 Å². The topological polar surface area (TPSA) is 116 Å². The van der Waals surface area contributed by atoms with Crippen molar-refractivity contribution >= 4 is 33.2 Å². The normalized spacial score (nSPS) is 11.8. The minimum absolute atomic E-state index is 0.0808. The predicted molar refractivity (Wildman–Crippen MR) is 96.5 cm³/mol. The zero-order valence-corrected chi connectivity index (χ0v) is 16.4. The number of carbonyl (C=O) groups is 1. The quantitative estimate of drug-likeness (QED) is 0.383. The van der Waals surface area contributed by atoms with E-state index >= 15 is 0 Å². The van der Waals surface area contributed by atoms with Gasteiger partial charge in [0, 0.05) is 0 Å². The SMILES string of the molecule is CCS(=O)(=O)NC(=O)c1cccc(Oc2c(F)cc(C(F)(F)F)cc2Cl)c1[N+](=O)[O-]. The van der Waals surface area contributed by atoms with Crippen LogP contribution < -0.4 is 9.46 Å². The summed E-state index contributed by atoms with van der Waals surface area (Å²) in [5.41, 5.74) is -3.20. The van der Waals surface area contributed by atoms with Gasteiger partial charge in [-0.15, -0.1) is 0 Å². The molecule has 0 saturated heterocycles. The Morgan fingerprint density at radius 2 is 1.93 bits per heavy atom. The molecule has 8 nitrogen and oxygen atoms in total. The van der Waals surface area contributed by atoms with E-state index in [4.69, 9.17) is 16.3 Å². The van der Waals surface area contributed by atoms with Gasteiger partial charge in [-0.3, -0.25) is 14.9 Å². The predicted octanol–water partition coefficient (Wildman–Crippen LogP) is 4.28. The number of nitro benzene ring substituents is 1. The molecule has 0 aliphatic rings. The van der Waals surface area contributed by atoms with Crippen molar-refractivity contribution in [2.45, 2.75) is 13.1 Å². The second-order valence-corrected chi connectivity index (χ2v) is 8.03. The zero-order valence-electron chi connectivity index (χ0n) is 14.8. The van der Waals surface area contributed by atoms with Crippen LogP contribution in [0.25, 0.3) is 0 Å². The van der Waals surface area contributed by atoms with Crippen molar-refractivity contribution in [1.29, 1.82) is 0 Å². The molecular formula is C16H11ClF4N2O6S. The van der Waals surface area contributed by atoms with Crippen molar-refractivity contribution < 1.29 is 40.4 Å². The van der Waals surface area contributed by atoms with Gasteiger partial charge in [0.25, 0.3) is 5.91 Å². The Hall–Kier alpha value is -2.93. The summed E-state index contributed by atoms with van der Waals surface area (Å²) >= 11 is 5.64. The molecule has 30 heavy (non-hydrogen) atoms. The van der Waals surface area contributed by atoms with E-state index in [-0.39, 0.29) is 6.07 Å². The van der Waals surface area contributed by atoms with Gasteiger partial charge >= 0.3 is 11.9 Å². The van der Waals surface area contributed by atoms with Crippen LogP contribution in [0.4, 0.5) is 23.2 Å². The van der Waals surface area contributed by atoms with Gasteiger partial charge in [0.2, 0.25) is 15.8 Å². The molecule has 0 aromatic heterocycles. The lowest BCUT2D eigenvalue weighted by atomic mass is 10.1. The molecule has 2 rings (SSSR count). The highest BCUT2D eigenvalue weighted by Crippen LogP contribution is 2.41. The first-order chi connectivity index (χ1) is 13.8. The highest BCUT2D eigenvalue weighted by Gasteiger charge is 2.34. The van der Waals surface area contributed by atoms with E-state index in [9.17, 15) is 40.9 Å². The van der Waals surface area contributed by atoms with Gasteiger partial charge in [-0.05, 0) is 31.2 Å². The zero-order chi connectivity index (χ0) is 22.9. The average Bonchev–Trinajstić information content (AvgIpc) is 2.62. The van der Waals surface area contributed by atoms with Gasteiger partial charge in [0.05, 0.1) is 21.3 Å². The number of para-hydroxylation sites is 1. The number of halogens is 5. The fourth-order valence-electron chi connectivity index (χ4n) is 2.18. The van der Waals surface area contributed by atoms with Crippen LogP contribution in [0.15, 0.2) is 30.3 Å². The molecule has 0 heterocycles. The fourth-order valence-corrected chi connectivity index (χ4v) is 2.96. The van der Waals surface area contributed by atoms with Crippen LogP contribution in [0.3, 0.4) is 0 Å². The molecule has 0 bridgehead atoms. The summed E-state index contributed by atoms with van der Waals surface area (Å²) in [7, 11) is -4.06. The number of carbonyl (C=O) groups excluding carboxylic acids is 1. The molecular weight excluding hydrogens is 460 g/mol. The molecule has 2 aromatic carbocycles. The van der Waals surface area contributed by atoms with E-state index in [1.165, 1.54) is 6.92 Å². The Labute approximate surface area is 171 Å². The molecule has 0 unspecified atom stereocenters. The number of alkyl halides is 3. The first-order valence-electron chi connectivity index (χ1n) is 7.83. The van der Waals surface area contributed by atoms with Crippen LogP contribution in [0.5, 0.6) is 11.5 Å². The average molecular weight is 471 g/mol. The van der Waals surface area contributed by atoms with Crippen molar-refractivity contribution in [2.24, 2.45) is 0 Å². The van der Waals surface area contributed by atoms with Crippen LogP contribution in [-0.2, 0) is 16.2 Å². The minimum atomic E-state index is -4.90. The second-order valence-electron chi connectivity index (χ2n) is 5.61. The summed E-state index contributed by atoms with van der Waals surface area (Å²) in [6.07, 6.45) is -4.90. The molecule has 1 amide bonds. The van der Waals surface area contributed by atoms with Gasteiger partial charge in [0.15, 0.2) is 11.6 Å². The molecule has 2 aromatic rings. The van der Waals surface area contributed by atoms with Crippen LogP contribution in [0.1, 0.15) is 22.8 Å². The largest absolute Gasteiger partial charge is 0.445 e. The summed E-state index contributed by atoms with van der Waals surface area (Å²) in [5.74, 6) is -5.11. The molecule has 0 atom stereocenters. The van der Waals surface area contributed by atoms with Crippen LogP contribution in [0.2, 0.25) is 5.02 Å². The second kappa shape index (κ2) is 8.44. The first-order valence-corrected chi connectivity index (χ1v) is 9.86. The minimum Gasteiger partial charge on any atom is -0.445 e. The van der Waals surface area contributed by atoms with E-state index < -0.39 is 71.9 Å². The Kier molecular flexibility index (Phi) is 6.57. The lowest BCUT2D eigenvalue weighted by molar-refractivity contribution is -0.385. The van der Waals surface area contributed by atoms with E-state index in [2.05, 4.69) is 0 Å². The fraction of sp³-hybridized carbons (Fsp3) is 0.188. The van der Waals surface area contributed by atoms with E-state index in [1.54, 1.807) is 4.72 Å². The van der Waals surface area contributed by atoms with Crippen LogP contribution >= 0.6 is 11.6 Å². The first kappa shape index (κ1) is 23.3. The number of hydrogen-bond donors (Lipinski definition) is 1. The summed E-state index contributed by atoms with van der Waals surface area (Å²) in [6, 6.07) is 3.34. The third-order valence-corrected chi connectivity index (χ3v) is 5.13. The number of nitro groups is 1. The Morgan fingerprint density at radius 3 is 2.43 bits per heavy atom. The lowest BCUT2D eigenvalue weighted by Gasteiger charge is -2.13. The third kappa shape index (κ3) is 5.16. The Bertz CT molecular complexity index is 1100. The number of ether oxygens (including phenoxy) is 1. The van der Waals surface area contributed by atoms with Crippen molar-refractivity contribution in [1.82, 2.24) is 4.72 Å². The number of hydrogen-bond acceptors (Lipinski definition) is 6. The van der Waals surface area contributed by atoms with E-state index in [1.807, 2.05) is 0 Å². The number of sulfonamides is 1. The van der Waals surface area contributed by atoms with Crippen molar-refractivity contribution in [2.75, 3.05) is 5.75 Å². The molecule has 0 radical (unpaired) electrons. The number of nitrogens with zero attached hydrogens (tertiary/aromatic N) is 1. The van der Waals surface area contributed by atoms with Crippen molar-refractivity contribution in [3.63, 3.8) is 0 Å². The number of benzene rings is 2. The Balaban J connectivity index is 2.54. The lowest BCUT2D eigenvalue weighted by Crippen LogP contribution is -2.32. The smallest absolute Gasteiger partial charge is 0.416 e. The van der Waals surface area contributed by atoms with Crippen molar-refractivity contribution in [3.8, 4) is 11.5 Å². The maximum atomic E-state index is 14.1. The summed E-state index contributed by atoms with van der Waals surface area (Å²) in [6.45, 7) is 1.22. The highest BCUT2D eigenvalue weighted by atomic mass is 35.5. The number of rotatable bonds is 6. The molecule has 162 valence electrons. The molecule has 0 saturated carbocycles. The molecule has 0 aliphatic carbocycles. The summed E-state index contributed by atoms with van der Waals surface area (Å²) in [4.78, 5) is 22.5. The highest BCUT2D eigenvalue weighted by molar-refractivity contribution is 7.90. The maximum Gasteiger partial charge on any atom is 0.416 e. The molecule has 0 fully saturated rings. The Morgan fingerprint density at radius 1 is 1.30 bits per heavy atom. The van der Waals surface area contributed by atoms with Crippen LogP contribution in [0, 0.1) is 15.9 Å². The number of nitrogens with one attached hydrogen (secondary N) is 1. The monoisotopic (exact) mass is 470 g/mol. The molecule has 1 N–H and O–H groups in total. The molecule has 14 heteroatoms.